The summed E-state index contributed by atoms with van der Waals surface area (Å²) in [4.78, 5) is 4.20. The molecule has 0 radical (unpaired) electrons. The number of pyridine rings is 1. The molecule has 88 valence electrons. The van der Waals surface area contributed by atoms with Gasteiger partial charge in [0, 0.05) is 30.8 Å². The van der Waals surface area contributed by atoms with Crippen LogP contribution in [0.15, 0.2) is 24.4 Å². The summed E-state index contributed by atoms with van der Waals surface area (Å²) in [6, 6.07) is 5.67. The lowest BCUT2D eigenvalue weighted by Gasteiger charge is -2.33. The lowest BCUT2D eigenvalue weighted by Crippen LogP contribution is -2.42. The quantitative estimate of drug-likeness (QED) is 0.849. The van der Waals surface area contributed by atoms with Crippen molar-refractivity contribution in [3.8, 4) is 0 Å². The summed E-state index contributed by atoms with van der Waals surface area (Å²) in [7, 11) is 0. The summed E-state index contributed by atoms with van der Waals surface area (Å²) in [5.74, 6) is 0.114. The van der Waals surface area contributed by atoms with Crippen LogP contribution in [0.4, 0.5) is 4.39 Å². The maximum Gasteiger partial charge on any atom is 0.117 e. The normalized spacial score (nSPS) is 25.0. The first-order valence-corrected chi connectivity index (χ1v) is 5.98. The second kappa shape index (κ2) is 4.91. The number of halogens is 1. The van der Waals surface area contributed by atoms with Gasteiger partial charge < -0.3 is 5.32 Å². The zero-order valence-electron chi connectivity index (χ0n) is 9.75. The van der Waals surface area contributed by atoms with Crippen LogP contribution in [0.3, 0.4) is 0 Å². The van der Waals surface area contributed by atoms with E-state index in [0.717, 1.165) is 31.6 Å². The Kier molecular flexibility index (Phi) is 3.54. The summed E-state index contributed by atoms with van der Waals surface area (Å²) >= 11 is 0. The molecule has 2 rings (SSSR count). The van der Waals surface area contributed by atoms with E-state index in [1.165, 1.54) is 0 Å². The van der Waals surface area contributed by atoms with Crippen LogP contribution in [0.1, 0.15) is 25.5 Å². The molecule has 0 bridgehead atoms. The molecule has 3 heteroatoms. The highest BCUT2D eigenvalue weighted by Gasteiger charge is 2.35. The van der Waals surface area contributed by atoms with Crippen molar-refractivity contribution in [3.05, 3.63) is 30.1 Å². The fourth-order valence-electron chi connectivity index (χ4n) is 2.37. The molecule has 2 nitrogen and oxygen atoms in total. The van der Waals surface area contributed by atoms with Crippen molar-refractivity contribution in [1.29, 1.82) is 0 Å². The number of piperidine rings is 1. The topological polar surface area (TPSA) is 24.9 Å². The first-order chi connectivity index (χ1) is 7.68. The number of nitrogens with one attached hydrogen (secondary N) is 1. The van der Waals surface area contributed by atoms with Crippen molar-refractivity contribution < 1.29 is 4.39 Å². The van der Waals surface area contributed by atoms with Crippen molar-refractivity contribution in [2.45, 2.75) is 31.9 Å². The van der Waals surface area contributed by atoms with E-state index in [1.807, 2.05) is 18.2 Å². The minimum atomic E-state index is -1.15. The lowest BCUT2D eigenvalue weighted by atomic mass is 9.82. The van der Waals surface area contributed by atoms with Gasteiger partial charge in [-0.3, -0.25) is 4.98 Å². The predicted molar refractivity (Wildman–Crippen MR) is 63.0 cm³/mol. The molecule has 1 saturated heterocycles. The van der Waals surface area contributed by atoms with E-state index < -0.39 is 5.67 Å². The van der Waals surface area contributed by atoms with E-state index >= 15 is 0 Å². The van der Waals surface area contributed by atoms with E-state index in [0.29, 0.717) is 6.42 Å². The number of nitrogens with zero attached hydrogens (tertiary/aromatic N) is 1. The Balaban J connectivity index is 2.01. The molecule has 1 fully saturated rings. The maximum absolute atomic E-state index is 14.6. The van der Waals surface area contributed by atoms with Gasteiger partial charge >= 0.3 is 0 Å². The Morgan fingerprint density at radius 1 is 1.56 bits per heavy atom. The zero-order chi connectivity index (χ0) is 11.4. The molecular weight excluding hydrogens is 203 g/mol. The molecule has 0 spiro atoms. The molecule has 1 aromatic heterocycles. The number of hydrogen-bond donors (Lipinski definition) is 1. The SMILES string of the molecule is CC(F)(Cc1ccccn1)C1CCCNC1. The highest BCUT2D eigenvalue weighted by molar-refractivity contribution is 5.07. The van der Waals surface area contributed by atoms with Crippen molar-refractivity contribution in [1.82, 2.24) is 10.3 Å². The molecule has 2 atom stereocenters. The molecule has 1 N–H and O–H groups in total. The third-order valence-electron chi connectivity index (χ3n) is 3.40. The van der Waals surface area contributed by atoms with Gasteiger partial charge in [-0.2, -0.15) is 0 Å². The number of hydrogen-bond acceptors (Lipinski definition) is 2. The molecule has 0 amide bonds. The first kappa shape index (κ1) is 11.5. The molecule has 0 saturated carbocycles. The fourth-order valence-corrected chi connectivity index (χ4v) is 2.37. The number of rotatable bonds is 3. The van der Waals surface area contributed by atoms with Gasteiger partial charge in [0.25, 0.3) is 0 Å². The zero-order valence-corrected chi connectivity index (χ0v) is 9.75. The lowest BCUT2D eigenvalue weighted by molar-refractivity contribution is 0.0823. The molecule has 0 aromatic carbocycles. The van der Waals surface area contributed by atoms with Gasteiger partial charge in [-0.25, -0.2) is 4.39 Å². The predicted octanol–water partition coefficient (Wildman–Crippen LogP) is 2.35. The highest BCUT2D eigenvalue weighted by atomic mass is 19.1. The third-order valence-corrected chi connectivity index (χ3v) is 3.40. The van der Waals surface area contributed by atoms with Crippen LogP contribution >= 0.6 is 0 Å². The average molecular weight is 222 g/mol. The van der Waals surface area contributed by atoms with Crippen molar-refractivity contribution >= 4 is 0 Å². The van der Waals surface area contributed by atoms with Crippen LogP contribution < -0.4 is 5.32 Å². The van der Waals surface area contributed by atoms with E-state index in [2.05, 4.69) is 10.3 Å². The Bertz CT molecular complexity index is 318. The van der Waals surface area contributed by atoms with Gasteiger partial charge in [-0.05, 0) is 38.4 Å². The molecule has 2 heterocycles. The first-order valence-electron chi connectivity index (χ1n) is 5.98. The molecule has 0 aliphatic carbocycles. The highest BCUT2D eigenvalue weighted by Crippen LogP contribution is 2.30. The summed E-state index contributed by atoms with van der Waals surface area (Å²) in [5.41, 5.74) is -0.306. The van der Waals surface area contributed by atoms with Gasteiger partial charge in [-0.15, -0.1) is 0 Å². The van der Waals surface area contributed by atoms with Crippen LogP contribution in [0.25, 0.3) is 0 Å². The second-order valence-electron chi connectivity index (χ2n) is 4.82. The van der Waals surface area contributed by atoms with E-state index in [1.54, 1.807) is 13.1 Å². The third kappa shape index (κ3) is 2.79. The van der Waals surface area contributed by atoms with E-state index in [-0.39, 0.29) is 5.92 Å². The van der Waals surface area contributed by atoms with Crippen molar-refractivity contribution in [2.75, 3.05) is 13.1 Å². The second-order valence-corrected chi connectivity index (χ2v) is 4.82. The van der Waals surface area contributed by atoms with Gasteiger partial charge in [0.15, 0.2) is 0 Å². The Hall–Kier alpha value is -0.960. The Morgan fingerprint density at radius 3 is 3.06 bits per heavy atom. The standard InChI is InChI=1S/C13H19FN2/c1-13(14,11-5-4-7-15-10-11)9-12-6-2-3-8-16-12/h2-3,6,8,11,15H,4-5,7,9-10H2,1H3. The summed E-state index contributed by atoms with van der Waals surface area (Å²) in [6.07, 6.45) is 4.20. The number of aromatic nitrogens is 1. The van der Waals surface area contributed by atoms with Crippen molar-refractivity contribution in [3.63, 3.8) is 0 Å². The van der Waals surface area contributed by atoms with Gasteiger partial charge in [0.1, 0.15) is 5.67 Å². The Labute approximate surface area is 96.3 Å². The van der Waals surface area contributed by atoms with Crippen LogP contribution in [0.2, 0.25) is 0 Å². The van der Waals surface area contributed by atoms with Gasteiger partial charge in [-0.1, -0.05) is 6.07 Å². The van der Waals surface area contributed by atoms with Crippen LogP contribution in [0, 0.1) is 5.92 Å². The molecule has 1 aliphatic rings. The minimum absolute atomic E-state index is 0.114. The summed E-state index contributed by atoms with van der Waals surface area (Å²) in [6.45, 7) is 3.52. The average Bonchev–Trinajstić information content (AvgIpc) is 2.31. The van der Waals surface area contributed by atoms with Crippen molar-refractivity contribution in [2.24, 2.45) is 5.92 Å². The molecule has 1 aliphatic heterocycles. The largest absolute Gasteiger partial charge is 0.316 e. The van der Waals surface area contributed by atoms with Crippen LogP contribution in [0.5, 0.6) is 0 Å². The molecule has 16 heavy (non-hydrogen) atoms. The Morgan fingerprint density at radius 2 is 2.44 bits per heavy atom. The minimum Gasteiger partial charge on any atom is -0.316 e. The van der Waals surface area contributed by atoms with Crippen LogP contribution in [-0.4, -0.2) is 23.7 Å². The fraction of sp³-hybridized carbons (Fsp3) is 0.615. The summed E-state index contributed by atoms with van der Waals surface area (Å²) in [5, 5.41) is 3.27. The molecular formula is C13H19FN2. The maximum atomic E-state index is 14.6. The smallest absolute Gasteiger partial charge is 0.117 e. The van der Waals surface area contributed by atoms with Gasteiger partial charge in [0.05, 0.1) is 0 Å². The monoisotopic (exact) mass is 222 g/mol. The van der Waals surface area contributed by atoms with E-state index in [4.69, 9.17) is 0 Å². The summed E-state index contributed by atoms with van der Waals surface area (Å²) < 4.78 is 14.6. The van der Waals surface area contributed by atoms with Crippen LogP contribution in [-0.2, 0) is 6.42 Å². The molecule has 1 aromatic rings. The van der Waals surface area contributed by atoms with E-state index in [9.17, 15) is 4.39 Å². The molecule has 2 unspecified atom stereocenters. The number of alkyl halides is 1. The van der Waals surface area contributed by atoms with Gasteiger partial charge in [0.2, 0.25) is 0 Å².